The second-order valence-electron chi connectivity index (χ2n) is 6.80. The van der Waals surface area contributed by atoms with E-state index >= 15 is 0 Å². The molecule has 2 rings (SSSR count). The molecular weight excluding hydrogens is 263 g/mol. The van der Waals surface area contributed by atoms with Crippen molar-refractivity contribution in [1.82, 2.24) is 10.2 Å². The monoisotopic (exact) mass is 292 g/mol. The molecule has 1 aromatic carbocycles. The van der Waals surface area contributed by atoms with Crippen molar-refractivity contribution in [2.24, 2.45) is 5.92 Å². The number of aryl methyl sites for hydroxylation is 2. The molecule has 0 amide bonds. The van der Waals surface area contributed by atoms with E-state index in [1.807, 2.05) is 26.0 Å². The first kappa shape index (κ1) is 16.4. The standard InChI is InChI=1S/C18H29FN2/c1-6-16-11-21(17(9-20-16)12(2)3)10-15-7-13(4)18(19)14(5)8-15/h7-8,12,16-17,20H,6,9-11H2,1-5H3. The van der Waals surface area contributed by atoms with E-state index in [-0.39, 0.29) is 5.82 Å². The highest BCUT2D eigenvalue weighted by Gasteiger charge is 2.29. The normalized spacial score (nSPS) is 23.8. The number of benzene rings is 1. The van der Waals surface area contributed by atoms with E-state index in [2.05, 4.69) is 31.0 Å². The van der Waals surface area contributed by atoms with Crippen molar-refractivity contribution in [2.45, 2.75) is 59.7 Å². The highest BCUT2D eigenvalue weighted by atomic mass is 19.1. The van der Waals surface area contributed by atoms with Crippen molar-refractivity contribution in [3.05, 3.63) is 34.6 Å². The maximum atomic E-state index is 13.8. The van der Waals surface area contributed by atoms with Crippen molar-refractivity contribution in [3.63, 3.8) is 0 Å². The average molecular weight is 292 g/mol. The Bertz CT molecular complexity index is 461. The van der Waals surface area contributed by atoms with Crippen LogP contribution >= 0.6 is 0 Å². The van der Waals surface area contributed by atoms with Gasteiger partial charge in [-0.05, 0) is 42.9 Å². The summed E-state index contributed by atoms with van der Waals surface area (Å²) in [7, 11) is 0. The van der Waals surface area contributed by atoms with Crippen LogP contribution in [0, 0.1) is 25.6 Å². The minimum absolute atomic E-state index is 0.0640. The molecule has 1 heterocycles. The van der Waals surface area contributed by atoms with Gasteiger partial charge < -0.3 is 5.32 Å². The third-order valence-electron chi connectivity index (χ3n) is 4.68. The molecule has 0 bridgehead atoms. The maximum absolute atomic E-state index is 13.8. The number of hydrogen-bond acceptors (Lipinski definition) is 2. The first-order valence-corrected chi connectivity index (χ1v) is 8.15. The minimum atomic E-state index is -0.0640. The van der Waals surface area contributed by atoms with Gasteiger partial charge in [-0.3, -0.25) is 4.90 Å². The summed E-state index contributed by atoms with van der Waals surface area (Å²) in [5, 5.41) is 3.65. The van der Waals surface area contributed by atoms with Crippen LogP contribution in [0.4, 0.5) is 4.39 Å². The van der Waals surface area contributed by atoms with Gasteiger partial charge in [-0.2, -0.15) is 0 Å². The summed E-state index contributed by atoms with van der Waals surface area (Å²) in [4.78, 5) is 2.57. The molecule has 2 nitrogen and oxygen atoms in total. The van der Waals surface area contributed by atoms with Crippen LogP contribution in [0.3, 0.4) is 0 Å². The van der Waals surface area contributed by atoms with Crippen molar-refractivity contribution < 1.29 is 4.39 Å². The highest BCUT2D eigenvalue weighted by Crippen LogP contribution is 2.21. The zero-order valence-corrected chi connectivity index (χ0v) is 14.0. The molecule has 0 saturated carbocycles. The van der Waals surface area contributed by atoms with E-state index in [4.69, 9.17) is 0 Å². The largest absolute Gasteiger partial charge is 0.311 e. The van der Waals surface area contributed by atoms with Crippen LogP contribution in [0.1, 0.15) is 43.9 Å². The van der Waals surface area contributed by atoms with Gasteiger partial charge in [0.05, 0.1) is 0 Å². The van der Waals surface area contributed by atoms with Crippen molar-refractivity contribution in [1.29, 1.82) is 0 Å². The zero-order chi connectivity index (χ0) is 15.6. The lowest BCUT2D eigenvalue weighted by molar-refractivity contribution is 0.0900. The van der Waals surface area contributed by atoms with Gasteiger partial charge in [-0.1, -0.05) is 32.9 Å². The molecule has 3 heteroatoms. The van der Waals surface area contributed by atoms with Crippen LogP contribution in [0.5, 0.6) is 0 Å². The smallest absolute Gasteiger partial charge is 0.129 e. The molecule has 0 aromatic heterocycles. The lowest BCUT2D eigenvalue weighted by atomic mass is 9.96. The van der Waals surface area contributed by atoms with Crippen LogP contribution < -0.4 is 5.32 Å². The molecule has 2 unspecified atom stereocenters. The van der Waals surface area contributed by atoms with Crippen LogP contribution in [0.15, 0.2) is 12.1 Å². The van der Waals surface area contributed by atoms with Gasteiger partial charge in [0, 0.05) is 31.7 Å². The molecule has 1 aromatic rings. The number of rotatable bonds is 4. The first-order chi connectivity index (χ1) is 9.92. The van der Waals surface area contributed by atoms with Crippen LogP contribution in [0.2, 0.25) is 0 Å². The molecule has 0 aliphatic carbocycles. The predicted octanol–water partition coefficient (Wildman–Crippen LogP) is 3.65. The van der Waals surface area contributed by atoms with Crippen molar-refractivity contribution >= 4 is 0 Å². The number of hydrogen-bond donors (Lipinski definition) is 1. The van der Waals surface area contributed by atoms with Crippen molar-refractivity contribution in [3.8, 4) is 0 Å². The fourth-order valence-corrected chi connectivity index (χ4v) is 3.37. The zero-order valence-electron chi connectivity index (χ0n) is 14.0. The quantitative estimate of drug-likeness (QED) is 0.911. The molecule has 1 fully saturated rings. The summed E-state index contributed by atoms with van der Waals surface area (Å²) in [5.41, 5.74) is 2.75. The molecule has 2 atom stereocenters. The summed E-state index contributed by atoms with van der Waals surface area (Å²) < 4.78 is 13.8. The first-order valence-electron chi connectivity index (χ1n) is 8.15. The Morgan fingerprint density at radius 2 is 1.90 bits per heavy atom. The van der Waals surface area contributed by atoms with Crippen molar-refractivity contribution in [2.75, 3.05) is 13.1 Å². The van der Waals surface area contributed by atoms with Gasteiger partial charge in [0.2, 0.25) is 0 Å². The summed E-state index contributed by atoms with van der Waals surface area (Å²) in [5.74, 6) is 0.559. The van der Waals surface area contributed by atoms with Gasteiger partial charge in [0.15, 0.2) is 0 Å². The second-order valence-corrected chi connectivity index (χ2v) is 6.80. The van der Waals surface area contributed by atoms with Crippen LogP contribution in [-0.4, -0.2) is 30.1 Å². The molecule has 21 heavy (non-hydrogen) atoms. The third kappa shape index (κ3) is 3.83. The fraction of sp³-hybridized carbons (Fsp3) is 0.667. The summed E-state index contributed by atoms with van der Waals surface area (Å²) in [6, 6.07) is 5.13. The Kier molecular flexibility index (Phi) is 5.39. The Labute approximate surface area is 128 Å². The SMILES string of the molecule is CCC1CN(Cc2cc(C)c(F)c(C)c2)C(C(C)C)CN1. The summed E-state index contributed by atoms with van der Waals surface area (Å²) in [6.07, 6.45) is 1.16. The predicted molar refractivity (Wildman–Crippen MR) is 87.0 cm³/mol. The average Bonchev–Trinajstić information content (AvgIpc) is 2.44. The molecule has 1 aliphatic heterocycles. The Morgan fingerprint density at radius 1 is 1.29 bits per heavy atom. The fourth-order valence-electron chi connectivity index (χ4n) is 3.37. The number of nitrogens with zero attached hydrogens (tertiary/aromatic N) is 1. The molecule has 1 aliphatic rings. The van der Waals surface area contributed by atoms with Gasteiger partial charge in [-0.15, -0.1) is 0 Å². The van der Waals surface area contributed by atoms with E-state index in [1.165, 1.54) is 5.56 Å². The van der Waals surface area contributed by atoms with Gasteiger partial charge in [-0.25, -0.2) is 4.39 Å². The topological polar surface area (TPSA) is 15.3 Å². The Balaban J connectivity index is 2.17. The maximum Gasteiger partial charge on any atom is 0.129 e. The van der Waals surface area contributed by atoms with Crippen LogP contribution in [0.25, 0.3) is 0 Å². The number of piperazine rings is 1. The van der Waals surface area contributed by atoms with E-state index in [9.17, 15) is 4.39 Å². The third-order valence-corrected chi connectivity index (χ3v) is 4.68. The Morgan fingerprint density at radius 3 is 2.43 bits per heavy atom. The molecule has 0 radical (unpaired) electrons. The van der Waals surface area contributed by atoms with Gasteiger partial charge >= 0.3 is 0 Å². The molecular formula is C18H29FN2. The highest BCUT2D eigenvalue weighted by molar-refractivity contribution is 5.30. The second kappa shape index (κ2) is 6.89. The minimum Gasteiger partial charge on any atom is -0.311 e. The lowest BCUT2D eigenvalue weighted by Gasteiger charge is -2.42. The molecule has 0 spiro atoms. The lowest BCUT2D eigenvalue weighted by Crippen LogP contribution is -2.57. The molecule has 1 N–H and O–H groups in total. The Hall–Kier alpha value is -0.930. The summed E-state index contributed by atoms with van der Waals surface area (Å²) >= 11 is 0. The molecule has 118 valence electrons. The van der Waals surface area contributed by atoms with E-state index in [0.29, 0.717) is 18.0 Å². The van der Waals surface area contributed by atoms with Crippen LogP contribution in [-0.2, 0) is 6.54 Å². The molecule has 1 saturated heterocycles. The van der Waals surface area contributed by atoms with Gasteiger partial charge in [0.25, 0.3) is 0 Å². The van der Waals surface area contributed by atoms with E-state index in [1.54, 1.807) is 0 Å². The van der Waals surface area contributed by atoms with E-state index < -0.39 is 0 Å². The van der Waals surface area contributed by atoms with E-state index in [0.717, 1.165) is 37.2 Å². The van der Waals surface area contributed by atoms with Gasteiger partial charge in [0.1, 0.15) is 5.82 Å². The summed E-state index contributed by atoms with van der Waals surface area (Å²) in [6.45, 7) is 13.6. The number of halogens is 1. The number of nitrogens with one attached hydrogen (secondary N) is 1.